The number of aromatic amines is 1. The Morgan fingerprint density at radius 1 is 1.30 bits per heavy atom. The molecule has 4 rings (SSSR count). The van der Waals surface area contributed by atoms with Crippen molar-refractivity contribution >= 4 is 34.5 Å². The van der Waals surface area contributed by atoms with E-state index in [1.54, 1.807) is 32.6 Å². The zero-order valence-corrected chi connectivity index (χ0v) is 17.6. The van der Waals surface area contributed by atoms with Crippen LogP contribution in [0.25, 0.3) is 11.0 Å². The summed E-state index contributed by atoms with van der Waals surface area (Å²) in [7, 11) is 3.41. The summed E-state index contributed by atoms with van der Waals surface area (Å²) >= 11 is 6.09. The number of halogens is 2. The lowest BCUT2D eigenvalue weighted by atomic mass is 9.90. The number of fused-ring (bicyclic) bond motifs is 1. The first-order valence-electron chi connectivity index (χ1n) is 9.99. The number of carbonyl (C=O) groups is 1. The van der Waals surface area contributed by atoms with Gasteiger partial charge in [-0.15, -0.1) is 0 Å². The van der Waals surface area contributed by atoms with Crippen molar-refractivity contribution in [2.24, 2.45) is 4.99 Å². The minimum atomic E-state index is -0.739. The van der Waals surface area contributed by atoms with Crippen LogP contribution in [0.4, 0.5) is 9.18 Å². The van der Waals surface area contributed by atoms with Crippen LogP contribution in [0.5, 0.6) is 0 Å². The van der Waals surface area contributed by atoms with Crippen molar-refractivity contribution in [1.29, 1.82) is 0 Å². The van der Waals surface area contributed by atoms with Gasteiger partial charge in [0.1, 0.15) is 17.6 Å². The standard InChI is InChI=1S/C20H25ClFN7O/c1-29(2)20(30)27-16-6-4-3-5-15(16)26-19-14(22)10-25-18(28-19)13-9-24-17-12(13)7-11(21)8-23-17/h7-10,15-16,19,26H,3-6H2,1-2H3,(H,23,24)(H,25,28)(H,27,30). The Kier molecular flexibility index (Phi) is 5.92. The lowest BCUT2D eigenvalue weighted by Gasteiger charge is -2.36. The fourth-order valence-electron chi connectivity index (χ4n) is 3.89. The molecule has 30 heavy (non-hydrogen) atoms. The Bertz CT molecular complexity index is 1000. The third-order valence-corrected chi connectivity index (χ3v) is 5.70. The molecule has 1 aliphatic heterocycles. The average Bonchev–Trinajstić information content (AvgIpc) is 3.14. The Balaban J connectivity index is 1.51. The van der Waals surface area contributed by atoms with E-state index < -0.39 is 12.0 Å². The molecule has 4 N–H and O–H groups in total. The summed E-state index contributed by atoms with van der Waals surface area (Å²) in [6.07, 6.45) is 7.57. The molecule has 0 bridgehead atoms. The molecule has 2 amide bonds. The SMILES string of the molecule is CN(C)C(=O)NC1CCCCC1NC1NC(c2c[nH]c3ncc(Cl)cc23)=NC=C1F. The molecule has 10 heteroatoms. The van der Waals surface area contributed by atoms with Crippen molar-refractivity contribution < 1.29 is 9.18 Å². The highest BCUT2D eigenvalue weighted by Crippen LogP contribution is 2.24. The third kappa shape index (κ3) is 4.27. The van der Waals surface area contributed by atoms with E-state index in [0.29, 0.717) is 16.5 Å². The lowest BCUT2D eigenvalue weighted by Crippen LogP contribution is -2.59. The van der Waals surface area contributed by atoms with Gasteiger partial charge in [-0.05, 0) is 18.9 Å². The molecule has 0 aromatic carbocycles. The number of aliphatic imine (C=N–C) groups is 1. The van der Waals surface area contributed by atoms with Gasteiger partial charge >= 0.3 is 6.03 Å². The number of rotatable bonds is 4. The Morgan fingerprint density at radius 3 is 2.83 bits per heavy atom. The molecule has 0 radical (unpaired) electrons. The summed E-state index contributed by atoms with van der Waals surface area (Å²) in [6, 6.07) is 1.52. The van der Waals surface area contributed by atoms with E-state index in [1.807, 2.05) is 0 Å². The number of amidine groups is 1. The van der Waals surface area contributed by atoms with E-state index in [1.165, 1.54) is 11.1 Å². The molecule has 2 aromatic heterocycles. The van der Waals surface area contributed by atoms with Gasteiger partial charge in [-0.25, -0.2) is 19.2 Å². The number of nitrogens with zero attached hydrogens (tertiary/aromatic N) is 3. The van der Waals surface area contributed by atoms with Crippen LogP contribution in [0.1, 0.15) is 31.2 Å². The molecular formula is C20H25ClFN7O. The van der Waals surface area contributed by atoms with Crippen LogP contribution in [-0.2, 0) is 0 Å². The molecule has 3 heterocycles. The zero-order chi connectivity index (χ0) is 21.3. The van der Waals surface area contributed by atoms with Crippen LogP contribution >= 0.6 is 11.6 Å². The molecule has 1 aliphatic carbocycles. The highest BCUT2D eigenvalue weighted by molar-refractivity contribution is 6.31. The molecule has 3 atom stereocenters. The molecule has 2 aliphatic rings. The van der Waals surface area contributed by atoms with Crippen molar-refractivity contribution in [3.63, 3.8) is 0 Å². The lowest BCUT2D eigenvalue weighted by molar-refractivity contribution is 0.198. The summed E-state index contributed by atoms with van der Waals surface area (Å²) in [5, 5.41) is 10.8. The fourth-order valence-corrected chi connectivity index (χ4v) is 4.05. The topological polar surface area (TPSA) is 97.4 Å². The smallest absolute Gasteiger partial charge is 0.317 e. The average molecular weight is 434 g/mol. The maximum Gasteiger partial charge on any atom is 0.317 e. The van der Waals surface area contributed by atoms with Crippen molar-refractivity contribution in [3.8, 4) is 0 Å². The second kappa shape index (κ2) is 8.61. The van der Waals surface area contributed by atoms with Gasteiger partial charge in [0.05, 0.1) is 11.2 Å². The van der Waals surface area contributed by atoms with Crippen LogP contribution in [0.2, 0.25) is 5.02 Å². The molecule has 1 saturated carbocycles. The third-order valence-electron chi connectivity index (χ3n) is 5.49. The Hall–Kier alpha value is -2.65. The Labute approximate surface area is 179 Å². The minimum absolute atomic E-state index is 0.0577. The van der Waals surface area contributed by atoms with Gasteiger partial charge in [0.25, 0.3) is 0 Å². The number of pyridine rings is 1. The zero-order valence-electron chi connectivity index (χ0n) is 16.9. The van der Waals surface area contributed by atoms with E-state index >= 15 is 0 Å². The molecule has 1 fully saturated rings. The van der Waals surface area contributed by atoms with Crippen LogP contribution in [-0.4, -0.2) is 59.1 Å². The quantitative estimate of drug-likeness (QED) is 0.596. The predicted molar refractivity (Wildman–Crippen MR) is 115 cm³/mol. The fraction of sp³-hybridized carbons (Fsp3) is 0.450. The summed E-state index contributed by atoms with van der Waals surface area (Å²) < 4.78 is 14.6. The summed E-state index contributed by atoms with van der Waals surface area (Å²) in [5.41, 5.74) is 1.44. The summed E-state index contributed by atoms with van der Waals surface area (Å²) in [6.45, 7) is 0. The van der Waals surface area contributed by atoms with E-state index in [-0.39, 0.29) is 18.1 Å². The van der Waals surface area contributed by atoms with Crippen molar-refractivity contribution in [3.05, 3.63) is 41.1 Å². The van der Waals surface area contributed by atoms with E-state index in [2.05, 4.69) is 30.9 Å². The number of amides is 2. The molecule has 2 aromatic rings. The summed E-state index contributed by atoms with van der Waals surface area (Å²) in [5.74, 6) is 0.118. The number of nitrogens with one attached hydrogen (secondary N) is 4. The first-order chi connectivity index (χ1) is 14.4. The van der Waals surface area contributed by atoms with Gasteiger partial charge in [0, 0.05) is 49.5 Å². The van der Waals surface area contributed by atoms with Crippen LogP contribution < -0.4 is 16.0 Å². The summed E-state index contributed by atoms with van der Waals surface area (Å²) in [4.78, 5) is 25.2. The normalized spacial score (nSPS) is 24.1. The van der Waals surface area contributed by atoms with Crippen LogP contribution in [0.15, 0.2) is 35.5 Å². The van der Waals surface area contributed by atoms with Crippen molar-refractivity contribution in [2.45, 2.75) is 43.9 Å². The van der Waals surface area contributed by atoms with E-state index in [0.717, 1.165) is 36.6 Å². The number of H-pyrrole nitrogens is 1. The highest BCUT2D eigenvalue weighted by atomic mass is 35.5. The second-order valence-corrected chi connectivity index (χ2v) is 8.27. The molecular weight excluding hydrogens is 409 g/mol. The van der Waals surface area contributed by atoms with Crippen LogP contribution in [0.3, 0.4) is 0 Å². The van der Waals surface area contributed by atoms with Gasteiger partial charge < -0.3 is 20.5 Å². The first kappa shape index (κ1) is 20.6. The van der Waals surface area contributed by atoms with Gasteiger partial charge in [-0.2, -0.15) is 0 Å². The number of aromatic nitrogens is 2. The molecule has 8 nitrogen and oxygen atoms in total. The van der Waals surface area contributed by atoms with Gasteiger partial charge in [0.15, 0.2) is 5.83 Å². The number of urea groups is 1. The Morgan fingerprint density at radius 2 is 2.07 bits per heavy atom. The highest BCUT2D eigenvalue weighted by Gasteiger charge is 2.31. The molecule has 160 valence electrons. The number of hydrogen-bond acceptors (Lipinski definition) is 5. The molecule has 3 unspecified atom stereocenters. The largest absolute Gasteiger partial charge is 0.348 e. The number of carbonyl (C=O) groups excluding carboxylic acids is 1. The second-order valence-electron chi connectivity index (χ2n) is 7.83. The van der Waals surface area contributed by atoms with Crippen molar-refractivity contribution in [1.82, 2.24) is 30.8 Å². The van der Waals surface area contributed by atoms with Gasteiger partial charge in [-0.1, -0.05) is 24.4 Å². The maximum absolute atomic E-state index is 14.6. The van der Waals surface area contributed by atoms with Crippen LogP contribution in [0, 0.1) is 0 Å². The molecule has 0 spiro atoms. The molecule has 0 saturated heterocycles. The minimum Gasteiger partial charge on any atom is -0.348 e. The number of hydrogen-bond donors (Lipinski definition) is 4. The first-order valence-corrected chi connectivity index (χ1v) is 10.4. The monoisotopic (exact) mass is 433 g/mol. The van der Waals surface area contributed by atoms with Crippen molar-refractivity contribution in [2.75, 3.05) is 14.1 Å². The van der Waals surface area contributed by atoms with Gasteiger partial charge in [0.2, 0.25) is 0 Å². The maximum atomic E-state index is 14.6. The van der Waals surface area contributed by atoms with Gasteiger partial charge in [-0.3, -0.25) is 5.32 Å². The van der Waals surface area contributed by atoms with E-state index in [4.69, 9.17) is 11.6 Å². The predicted octanol–water partition coefficient (Wildman–Crippen LogP) is 2.88. The van der Waals surface area contributed by atoms with E-state index in [9.17, 15) is 9.18 Å².